The Balaban J connectivity index is 0.000000233. The Hall–Kier alpha value is -7.11. The number of carbonyl (C=O) groups excluding carboxylic acids is 4. The van der Waals surface area contributed by atoms with Crippen LogP contribution in [0, 0.1) is 24.0 Å². The van der Waals surface area contributed by atoms with Crippen LogP contribution < -0.4 is 30.3 Å². The molecular weight excluding hydrogens is 965 g/mol. The molecule has 5 atom stereocenters. The molecule has 19 heteroatoms. The topological polar surface area (TPSA) is 201 Å². The van der Waals surface area contributed by atoms with Gasteiger partial charge in [0.25, 0.3) is 12.4 Å². The number of hydrogen-bond donors (Lipinski definition) is 4. The third kappa shape index (κ3) is 11.6. The molecule has 4 fully saturated rings. The largest absolute Gasteiger partial charge is 0.508 e. The first kappa shape index (κ1) is 54.2. The fourth-order valence-electron chi connectivity index (χ4n) is 11.2. The lowest BCUT2D eigenvalue weighted by atomic mass is 9.94. The van der Waals surface area contributed by atoms with Gasteiger partial charge >= 0.3 is 6.01 Å². The molecule has 4 N–H and O–H groups in total. The van der Waals surface area contributed by atoms with Crippen molar-refractivity contribution in [2.45, 2.75) is 94.0 Å². The lowest BCUT2D eigenvalue weighted by Gasteiger charge is -2.35. The molecule has 396 valence electrons. The van der Waals surface area contributed by atoms with Crippen LogP contribution in [0.4, 0.5) is 14.6 Å². The zero-order valence-electron chi connectivity index (χ0n) is 42.7. The predicted octanol–water partition coefficient (Wildman–Crippen LogP) is 5.87. The maximum Gasteiger partial charge on any atom is 0.319 e. The summed E-state index contributed by atoms with van der Waals surface area (Å²) in [5.41, 5.74) is 2.06. The fourth-order valence-corrected chi connectivity index (χ4v) is 11.2. The minimum absolute atomic E-state index is 0.00472. The highest BCUT2D eigenvalue weighted by Gasteiger charge is 2.51. The Morgan fingerprint density at radius 2 is 1.81 bits per heavy atom. The van der Waals surface area contributed by atoms with Gasteiger partial charge in [0, 0.05) is 72.5 Å². The van der Waals surface area contributed by atoms with Crippen LogP contribution in [0.3, 0.4) is 0 Å². The lowest BCUT2D eigenvalue weighted by Crippen LogP contribution is -2.51. The Labute approximate surface area is 435 Å². The molecule has 0 aliphatic carbocycles. The van der Waals surface area contributed by atoms with E-state index in [0.717, 1.165) is 68.8 Å². The summed E-state index contributed by atoms with van der Waals surface area (Å²) in [5.74, 6) is 1.88. The number of terminal acetylenes is 1. The van der Waals surface area contributed by atoms with Crippen molar-refractivity contribution in [2.75, 3.05) is 72.0 Å². The van der Waals surface area contributed by atoms with E-state index in [1.807, 2.05) is 27.2 Å². The Bertz CT molecular complexity index is 2960. The molecule has 4 saturated heterocycles. The minimum Gasteiger partial charge on any atom is -0.508 e. The monoisotopic (exact) mass is 1030 g/mol. The number of nitrogens with zero attached hydrogens (tertiary/aromatic N) is 6. The molecule has 3 unspecified atom stereocenters. The maximum absolute atomic E-state index is 16.9. The van der Waals surface area contributed by atoms with E-state index >= 15 is 4.39 Å². The van der Waals surface area contributed by atoms with Gasteiger partial charge in [0.1, 0.15) is 60.1 Å². The number of fused-ring (bicyclic) bond motifs is 6. The fraction of sp³-hybridized carbons (Fsp3) is 0.446. The molecule has 1 amide bonds. The van der Waals surface area contributed by atoms with Crippen molar-refractivity contribution in [1.29, 1.82) is 0 Å². The van der Waals surface area contributed by atoms with E-state index in [2.05, 4.69) is 48.2 Å². The van der Waals surface area contributed by atoms with Crippen LogP contribution in [-0.4, -0.2) is 152 Å². The molecule has 17 nitrogen and oxygen atoms in total. The number of phenolic OH excluding ortho intramolecular Hbond substituents is 1. The molecule has 0 spiro atoms. The van der Waals surface area contributed by atoms with Gasteiger partial charge in [0.05, 0.1) is 35.7 Å². The number of unbranched alkanes of at least 4 members (excludes halogenated alkanes) is 1. The molecular formula is C56H65F2N9O8. The van der Waals surface area contributed by atoms with Crippen LogP contribution in [0.2, 0.25) is 0 Å². The zero-order chi connectivity index (χ0) is 53.2. The number of rotatable bonds is 19. The van der Waals surface area contributed by atoms with E-state index in [4.69, 9.17) is 25.6 Å². The SMILES string of the molecule is C#Cc1c(F)ccc2cc(O)cc(-c3ncc4c(N5CC6CCC(C5)N6)nc(OC[C@@]56CC[C@@H](COC=O)N5CC(=C)C6)nc4c3F)c12.CNC.CNCCCCOc1cccc2c1CN(C(C=O)CCC=O)C2=O. The summed E-state index contributed by atoms with van der Waals surface area (Å²) >= 11 is 0. The first-order chi connectivity index (χ1) is 36.4. The number of benzene rings is 3. The summed E-state index contributed by atoms with van der Waals surface area (Å²) in [4.78, 5) is 65.2. The highest BCUT2D eigenvalue weighted by Crippen LogP contribution is 2.45. The number of amides is 1. The van der Waals surface area contributed by atoms with Crippen LogP contribution in [0.1, 0.15) is 79.3 Å². The van der Waals surface area contributed by atoms with Gasteiger partial charge in [-0.1, -0.05) is 30.2 Å². The maximum atomic E-state index is 16.9. The van der Waals surface area contributed by atoms with Gasteiger partial charge in [-0.2, -0.15) is 9.97 Å². The normalized spacial score (nSPS) is 20.9. The number of aromatic nitrogens is 3. The number of aldehydes is 2. The molecule has 5 aliphatic heterocycles. The summed E-state index contributed by atoms with van der Waals surface area (Å²) in [7, 11) is 5.67. The zero-order valence-corrected chi connectivity index (χ0v) is 42.7. The molecule has 10 rings (SSSR count). The highest BCUT2D eigenvalue weighted by molar-refractivity contribution is 6.03. The van der Waals surface area contributed by atoms with Crippen molar-refractivity contribution in [2.24, 2.45) is 0 Å². The van der Waals surface area contributed by atoms with E-state index < -0.39 is 17.7 Å². The van der Waals surface area contributed by atoms with E-state index in [0.29, 0.717) is 80.0 Å². The average molecular weight is 1030 g/mol. The Kier molecular flexibility index (Phi) is 17.7. The summed E-state index contributed by atoms with van der Waals surface area (Å²) < 4.78 is 49.1. The average Bonchev–Trinajstić information content (AvgIpc) is 4.14. The Morgan fingerprint density at radius 3 is 2.53 bits per heavy atom. The van der Waals surface area contributed by atoms with Crippen LogP contribution >= 0.6 is 0 Å². The van der Waals surface area contributed by atoms with Crippen molar-refractivity contribution in [3.8, 4) is 41.1 Å². The van der Waals surface area contributed by atoms with Crippen molar-refractivity contribution < 1.29 is 47.3 Å². The van der Waals surface area contributed by atoms with E-state index in [1.165, 1.54) is 35.4 Å². The third-order valence-corrected chi connectivity index (χ3v) is 14.6. The number of carbonyl (C=O) groups is 4. The highest BCUT2D eigenvalue weighted by atomic mass is 19.1. The molecule has 5 aliphatic rings. The summed E-state index contributed by atoms with van der Waals surface area (Å²) in [5, 5.41) is 21.2. The second-order valence-electron chi connectivity index (χ2n) is 19.7. The molecule has 0 radical (unpaired) electrons. The number of piperazine rings is 1. The molecule has 75 heavy (non-hydrogen) atoms. The van der Waals surface area contributed by atoms with Gasteiger partial charge in [-0.05, 0) is 115 Å². The molecule has 3 aromatic carbocycles. The number of aromatic hydroxyl groups is 1. The van der Waals surface area contributed by atoms with Crippen LogP contribution in [0.25, 0.3) is 32.9 Å². The standard InChI is InChI=1S/C36H34F2N6O4.C18H24N2O4.C2H7N/c1-3-26-29(37)7-4-21-10-25(46)11-27(30(21)26)32-31(38)33-28(13-39-32)34(43-15-22-5-6-23(16-43)40-22)42-35(41-33)48-18-36-9-8-24(17-47-19-45)44(36)14-20(2)12-36;1-19-9-2-3-11-24-17-8-4-7-15-16(17)12-20(18(15)23)14(13-22)6-5-10-21;1-3-2/h1,4,7,10-11,13,19,22-24,40,46H,2,5-6,8-9,12,14-18H2;4,7-8,10,13-14,19H,2-3,5-6,9,11-12H2,1H3;3H,1-2H3/t22?,23?,24-,36-;;/m0../s1. The summed E-state index contributed by atoms with van der Waals surface area (Å²) in [6.45, 7) is 9.14. The van der Waals surface area contributed by atoms with Gasteiger partial charge in [-0.25, -0.2) is 8.78 Å². The van der Waals surface area contributed by atoms with Gasteiger partial charge in [-0.15, -0.1) is 6.42 Å². The third-order valence-electron chi connectivity index (χ3n) is 14.6. The van der Waals surface area contributed by atoms with E-state index in [9.17, 15) is 28.7 Å². The predicted molar refractivity (Wildman–Crippen MR) is 281 cm³/mol. The number of anilines is 1. The molecule has 5 aromatic rings. The summed E-state index contributed by atoms with van der Waals surface area (Å²) in [6.07, 6.45) is 15.7. The molecule has 7 heterocycles. The molecule has 2 bridgehead atoms. The lowest BCUT2D eigenvalue weighted by molar-refractivity contribution is -0.130. The first-order valence-electron chi connectivity index (χ1n) is 25.5. The molecule has 2 aromatic heterocycles. The summed E-state index contributed by atoms with van der Waals surface area (Å²) in [6, 6.07) is 11.0. The number of halogens is 2. The first-order valence-corrected chi connectivity index (χ1v) is 25.5. The van der Waals surface area contributed by atoms with Crippen molar-refractivity contribution in [3.63, 3.8) is 0 Å². The number of nitrogens with one attached hydrogen (secondary N) is 3. The van der Waals surface area contributed by atoms with Gasteiger partial charge in [0.15, 0.2) is 5.82 Å². The van der Waals surface area contributed by atoms with Gasteiger partial charge in [-0.3, -0.25) is 19.5 Å². The van der Waals surface area contributed by atoms with Crippen LogP contribution in [0.15, 0.2) is 60.8 Å². The van der Waals surface area contributed by atoms with Crippen LogP contribution in [-0.2, 0) is 25.7 Å². The minimum atomic E-state index is -0.765. The number of hydrogen-bond acceptors (Lipinski definition) is 16. The second-order valence-corrected chi connectivity index (χ2v) is 19.7. The van der Waals surface area contributed by atoms with Gasteiger partial charge < -0.3 is 54.7 Å². The number of pyridine rings is 1. The number of phenols is 1. The van der Waals surface area contributed by atoms with Crippen molar-refractivity contribution >= 4 is 52.4 Å². The Morgan fingerprint density at radius 1 is 1.03 bits per heavy atom. The van der Waals surface area contributed by atoms with Crippen LogP contribution in [0.5, 0.6) is 17.5 Å². The smallest absolute Gasteiger partial charge is 0.319 e. The van der Waals surface area contributed by atoms with Crippen molar-refractivity contribution in [3.05, 3.63) is 89.1 Å². The van der Waals surface area contributed by atoms with E-state index in [1.54, 1.807) is 12.1 Å². The van der Waals surface area contributed by atoms with Crippen molar-refractivity contribution in [1.82, 2.24) is 40.7 Å². The van der Waals surface area contributed by atoms with Gasteiger partial charge in [0.2, 0.25) is 0 Å². The molecule has 0 saturated carbocycles. The number of ether oxygens (including phenoxy) is 3. The van der Waals surface area contributed by atoms with E-state index in [-0.39, 0.29) is 88.7 Å². The second kappa shape index (κ2) is 24.5. The quantitative estimate of drug-likeness (QED) is 0.0331.